The van der Waals surface area contributed by atoms with Gasteiger partial charge in [-0.1, -0.05) is 49.0 Å². The van der Waals surface area contributed by atoms with E-state index < -0.39 is 0 Å². The Morgan fingerprint density at radius 2 is 1.89 bits per heavy atom. The number of esters is 1. The number of benzene rings is 2. The minimum absolute atomic E-state index is 0.314. The van der Waals surface area contributed by atoms with E-state index in [1.807, 2.05) is 24.3 Å². The van der Waals surface area contributed by atoms with Gasteiger partial charge in [0, 0.05) is 12.0 Å². The molecule has 0 aromatic heterocycles. The van der Waals surface area contributed by atoms with E-state index in [1.165, 1.54) is 5.39 Å². The van der Waals surface area contributed by atoms with Crippen LogP contribution in [0.25, 0.3) is 10.8 Å². The molecule has 0 spiro atoms. The average molecular weight is 240 g/mol. The molecule has 2 rings (SSSR count). The largest absolute Gasteiger partial charge is 0.463 e. The first-order valence-corrected chi connectivity index (χ1v) is 6.04. The summed E-state index contributed by atoms with van der Waals surface area (Å²) in [6, 6.07) is 14.2. The molecule has 2 nitrogen and oxygen atoms in total. The minimum atomic E-state index is -0.314. The van der Waals surface area contributed by atoms with E-state index in [2.05, 4.69) is 24.8 Å². The Hall–Kier alpha value is -2.09. The smallest absolute Gasteiger partial charge is 0.333 e. The number of hydrogen-bond acceptors (Lipinski definition) is 2. The highest BCUT2D eigenvalue weighted by Crippen LogP contribution is 2.20. The summed E-state index contributed by atoms with van der Waals surface area (Å²) in [5.74, 6) is -0.314. The van der Waals surface area contributed by atoms with Gasteiger partial charge in [-0.3, -0.25) is 0 Å². The standard InChI is InChI=1S/C16H16O2/c1-3-18-16(17)12(2)11-14-9-6-8-13-7-4-5-10-15(13)14/h4-10H,2-3,11H2,1H3. The van der Waals surface area contributed by atoms with E-state index in [0.29, 0.717) is 18.6 Å². The normalized spacial score (nSPS) is 10.3. The molecule has 2 heteroatoms. The first kappa shape index (κ1) is 12.4. The molecule has 0 saturated carbocycles. The second-order valence-corrected chi connectivity index (χ2v) is 4.14. The third kappa shape index (κ3) is 2.59. The van der Waals surface area contributed by atoms with Gasteiger partial charge in [0.15, 0.2) is 0 Å². The molecule has 0 aliphatic heterocycles. The molecule has 0 heterocycles. The van der Waals surface area contributed by atoms with Crippen LogP contribution < -0.4 is 0 Å². The first-order valence-electron chi connectivity index (χ1n) is 6.04. The third-order valence-electron chi connectivity index (χ3n) is 2.85. The quantitative estimate of drug-likeness (QED) is 0.604. The average Bonchev–Trinajstić information content (AvgIpc) is 2.39. The SMILES string of the molecule is C=C(Cc1cccc2ccccc12)C(=O)OCC. The Morgan fingerprint density at radius 3 is 2.67 bits per heavy atom. The summed E-state index contributed by atoms with van der Waals surface area (Å²) in [6.45, 7) is 5.98. The van der Waals surface area contributed by atoms with Crippen LogP contribution in [0, 0.1) is 0 Å². The van der Waals surface area contributed by atoms with E-state index in [-0.39, 0.29) is 5.97 Å². The number of fused-ring (bicyclic) bond motifs is 1. The van der Waals surface area contributed by atoms with Gasteiger partial charge < -0.3 is 4.74 Å². The fourth-order valence-electron chi connectivity index (χ4n) is 1.98. The van der Waals surface area contributed by atoms with E-state index >= 15 is 0 Å². The van der Waals surface area contributed by atoms with Gasteiger partial charge in [0.1, 0.15) is 0 Å². The fraction of sp³-hybridized carbons (Fsp3) is 0.188. The van der Waals surface area contributed by atoms with Crippen molar-refractivity contribution in [1.29, 1.82) is 0 Å². The molecule has 0 amide bonds. The third-order valence-corrected chi connectivity index (χ3v) is 2.85. The van der Waals surface area contributed by atoms with Crippen molar-refractivity contribution >= 4 is 16.7 Å². The summed E-state index contributed by atoms with van der Waals surface area (Å²) >= 11 is 0. The summed E-state index contributed by atoms with van der Waals surface area (Å²) in [7, 11) is 0. The summed E-state index contributed by atoms with van der Waals surface area (Å²) in [5, 5.41) is 2.33. The molecule has 0 radical (unpaired) electrons. The van der Waals surface area contributed by atoms with Gasteiger partial charge in [0.05, 0.1) is 6.61 Å². The predicted molar refractivity (Wildman–Crippen MR) is 73.4 cm³/mol. The molecule has 0 aliphatic rings. The molecule has 2 aromatic rings. The van der Waals surface area contributed by atoms with Crippen molar-refractivity contribution in [3.05, 3.63) is 60.2 Å². The number of hydrogen-bond donors (Lipinski definition) is 0. The lowest BCUT2D eigenvalue weighted by Gasteiger charge is -2.08. The topological polar surface area (TPSA) is 26.3 Å². The van der Waals surface area contributed by atoms with E-state index in [0.717, 1.165) is 10.9 Å². The van der Waals surface area contributed by atoms with E-state index in [4.69, 9.17) is 4.74 Å². The van der Waals surface area contributed by atoms with Crippen LogP contribution in [0.2, 0.25) is 0 Å². The number of carbonyl (C=O) groups excluding carboxylic acids is 1. The Kier molecular flexibility index (Phi) is 3.78. The molecular weight excluding hydrogens is 224 g/mol. The van der Waals surface area contributed by atoms with Gasteiger partial charge in [0.25, 0.3) is 0 Å². The predicted octanol–water partition coefficient (Wildman–Crippen LogP) is 3.50. The lowest BCUT2D eigenvalue weighted by Crippen LogP contribution is -2.08. The summed E-state index contributed by atoms with van der Waals surface area (Å²) in [5.41, 5.74) is 1.60. The van der Waals surface area contributed by atoms with Crippen molar-refractivity contribution in [2.75, 3.05) is 6.61 Å². The van der Waals surface area contributed by atoms with Crippen LogP contribution in [0.15, 0.2) is 54.6 Å². The number of rotatable bonds is 4. The molecule has 18 heavy (non-hydrogen) atoms. The van der Waals surface area contributed by atoms with Crippen LogP contribution in [-0.4, -0.2) is 12.6 Å². The maximum atomic E-state index is 11.6. The van der Waals surface area contributed by atoms with Crippen LogP contribution in [0.5, 0.6) is 0 Å². The molecule has 0 fully saturated rings. The minimum Gasteiger partial charge on any atom is -0.463 e. The monoisotopic (exact) mass is 240 g/mol. The van der Waals surface area contributed by atoms with Gasteiger partial charge in [-0.15, -0.1) is 0 Å². The Bertz CT molecular complexity index is 579. The molecule has 0 saturated heterocycles. The second kappa shape index (κ2) is 5.50. The van der Waals surface area contributed by atoms with Crippen LogP contribution >= 0.6 is 0 Å². The van der Waals surface area contributed by atoms with Gasteiger partial charge in [-0.05, 0) is 23.3 Å². The molecule has 2 aromatic carbocycles. The zero-order valence-electron chi connectivity index (χ0n) is 10.5. The lowest BCUT2D eigenvalue weighted by atomic mass is 9.99. The Labute approximate surface area is 107 Å². The fourth-order valence-corrected chi connectivity index (χ4v) is 1.98. The van der Waals surface area contributed by atoms with Crippen LogP contribution in [0.3, 0.4) is 0 Å². The number of carbonyl (C=O) groups is 1. The van der Waals surface area contributed by atoms with Crippen molar-refractivity contribution in [3.63, 3.8) is 0 Å². The van der Waals surface area contributed by atoms with Crippen LogP contribution in [0.1, 0.15) is 12.5 Å². The van der Waals surface area contributed by atoms with Crippen molar-refractivity contribution in [1.82, 2.24) is 0 Å². The number of ether oxygens (including phenoxy) is 1. The summed E-state index contributed by atoms with van der Waals surface area (Å²) in [4.78, 5) is 11.6. The Morgan fingerprint density at radius 1 is 1.17 bits per heavy atom. The van der Waals surface area contributed by atoms with Gasteiger partial charge >= 0.3 is 5.97 Å². The molecule has 0 N–H and O–H groups in total. The Balaban J connectivity index is 2.27. The molecule has 92 valence electrons. The van der Waals surface area contributed by atoms with Gasteiger partial charge in [-0.2, -0.15) is 0 Å². The lowest BCUT2D eigenvalue weighted by molar-refractivity contribution is -0.138. The van der Waals surface area contributed by atoms with Crippen molar-refractivity contribution < 1.29 is 9.53 Å². The van der Waals surface area contributed by atoms with Crippen molar-refractivity contribution in [2.45, 2.75) is 13.3 Å². The molecule has 0 atom stereocenters. The molecule has 0 unspecified atom stereocenters. The van der Waals surface area contributed by atoms with Crippen molar-refractivity contribution in [2.24, 2.45) is 0 Å². The van der Waals surface area contributed by atoms with Crippen LogP contribution in [0.4, 0.5) is 0 Å². The highest BCUT2D eigenvalue weighted by Gasteiger charge is 2.10. The summed E-state index contributed by atoms with van der Waals surface area (Å²) in [6.07, 6.45) is 0.528. The highest BCUT2D eigenvalue weighted by molar-refractivity contribution is 5.91. The van der Waals surface area contributed by atoms with Gasteiger partial charge in [-0.25, -0.2) is 4.79 Å². The van der Waals surface area contributed by atoms with Gasteiger partial charge in [0.2, 0.25) is 0 Å². The first-order chi connectivity index (χ1) is 8.72. The zero-order chi connectivity index (χ0) is 13.0. The zero-order valence-corrected chi connectivity index (χ0v) is 10.5. The summed E-state index contributed by atoms with van der Waals surface area (Å²) < 4.78 is 4.95. The highest BCUT2D eigenvalue weighted by atomic mass is 16.5. The second-order valence-electron chi connectivity index (χ2n) is 4.14. The molecule has 0 aliphatic carbocycles. The van der Waals surface area contributed by atoms with E-state index in [1.54, 1.807) is 6.92 Å². The van der Waals surface area contributed by atoms with Crippen molar-refractivity contribution in [3.8, 4) is 0 Å². The maximum Gasteiger partial charge on any atom is 0.333 e. The molecule has 0 bridgehead atoms. The van der Waals surface area contributed by atoms with Crippen LogP contribution in [-0.2, 0) is 16.0 Å². The van der Waals surface area contributed by atoms with E-state index in [9.17, 15) is 4.79 Å². The molecular formula is C16H16O2. The maximum absolute atomic E-state index is 11.6.